The van der Waals surface area contributed by atoms with E-state index in [1.807, 2.05) is 0 Å². The van der Waals surface area contributed by atoms with Crippen LogP contribution in [0.4, 0.5) is 5.69 Å². The molecule has 0 radical (unpaired) electrons. The van der Waals surface area contributed by atoms with Crippen molar-refractivity contribution in [2.24, 2.45) is 0 Å². The van der Waals surface area contributed by atoms with Gasteiger partial charge >= 0.3 is 0 Å². The Labute approximate surface area is 144 Å². The first-order valence-electron chi connectivity index (χ1n) is 8.16. The van der Waals surface area contributed by atoms with E-state index in [0.717, 1.165) is 11.3 Å². The summed E-state index contributed by atoms with van der Waals surface area (Å²) in [6.07, 6.45) is 1.78. The number of rotatable bonds is 2. The van der Waals surface area contributed by atoms with Gasteiger partial charge in [0.1, 0.15) is 0 Å². The van der Waals surface area contributed by atoms with Crippen LogP contribution in [0.5, 0.6) is 0 Å². The van der Waals surface area contributed by atoms with Crippen LogP contribution in [0.1, 0.15) is 26.5 Å². The quantitative estimate of drug-likeness (QED) is 0.896. The van der Waals surface area contributed by atoms with Crippen molar-refractivity contribution in [2.75, 3.05) is 31.5 Å². The van der Waals surface area contributed by atoms with E-state index in [2.05, 4.69) is 5.32 Å². The fourth-order valence-electron chi connectivity index (χ4n) is 3.21. The molecule has 1 N–H and O–H groups in total. The highest BCUT2D eigenvalue weighted by atomic mass is 16.3. The maximum absolute atomic E-state index is 12.7. The summed E-state index contributed by atoms with van der Waals surface area (Å²) >= 11 is 0. The number of amides is 3. The van der Waals surface area contributed by atoms with Crippen molar-refractivity contribution in [1.82, 2.24) is 9.80 Å². The van der Waals surface area contributed by atoms with Crippen LogP contribution in [0, 0.1) is 0 Å². The smallest absolute Gasteiger partial charge is 0.289 e. The highest BCUT2D eigenvalue weighted by molar-refractivity contribution is 6.01. The normalized spacial score (nSPS) is 16.6. The summed E-state index contributed by atoms with van der Waals surface area (Å²) in [7, 11) is 0. The molecule has 0 atom stereocenters. The average Bonchev–Trinajstić information content (AvgIpc) is 3.28. The molecule has 7 heteroatoms. The van der Waals surface area contributed by atoms with Gasteiger partial charge in [-0.3, -0.25) is 14.4 Å². The third kappa shape index (κ3) is 2.88. The molecule has 0 aliphatic carbocycles. The Balaban J connectivity index is 1.41. The highest BCUT2D eigenvalue weighted by Crippen LogP contribution is 2.24. The zero-order valence-electron chi connectivity index (χ0n) is 13.5. The molecular formula is C18H17N3O4. The number of piperazine rings is 1. The number of carbonyl (C=O) groups excluding carboxylic acids is 3. The van der Waals surface area contributed by atoms with Crippen LogP contribution in [0.15, 0.2) is 41.0 Å². The Kier molecular flexibility index (Phi) is 3.76. The van der Waals surface area contributed by atoms with Crippen molar-refractivity contribution in [3.05, 3.63) is 53.5 Å². The molecule has 3 amide bonds. The van der Waals surface area contributed by atoms with Crippen LogP contribution in [0.25, 0.3) is 0 Å². The number of carbonyl (C=O) groups is 3. The van der Waals surface area contributed by atoms with Gasteiger partial charge in [0.15, 0.2) is 5.76 Å². The first kappa shape index (κ1) is 15.4. The first-order valence-corrected chi connectivity index (χ1v) is 8.16. The standard InChI is InChI=1S/C18H17N3O4/c22-16-11-13-10-12(3-4-14(13)19-16)17(23)20-5-7-21(8-6-20)18(24)15-2-1-9-25-15/h1-4,9-10H,5-8,11H2,(H,19,22). The van der Waals surface area contributed by atoms with Gasteiger partial charge in [0.25, 0.3) is 11.8 Å². The number of furan rings is 1. The molecule has 0 bridgehead atoms. The molecule has 2 aromatic rings. The van der Waals surface area contributed by atoms with Gasteiger partial charge in [-0.1, -0.05) is 0 Å². The number of hydrogen-bond acceptors (Lipinski definition) is 4. The second-order valence-electron chi connectivity index (χ2n) is 6.16. The van der Waals surface area contributed by atoms with Gasteiger partial charge in [0.2, 0.25) is 5.91 Å². The maximum Gasteiger partial charge on any atom is 0.289 e. The predicted octanol–water partition coefficient (Wildman–Crippen LogP) is 1.37. The van der Waals surface area contributed by atoms with Crippen molar-refractivity contribution < 1.29 is 18.8 Å². The molecule has 4 rings (SSSR count). The van der Waals surface area contributed by atoms with Gasteiger partial charge in [-0.15, -0.1) is 0 Å². The molecular weight excluding hydrogens is 322 g/mol. The Hall–Kier alpha value is -3.09. The SMILES string of the molecule is O=C1Cc2cc(C(=O)N3CCN(C(=O)c4ccco4)CC3)ccc2N1. The van der Waals surface area contributed by atoms with Crippen molar-refractivity contribution >= 4 is 23.4 Å². The highest BCUT2D eigenvalue weighted by Gasteiger charge is 2.27. The van der Waals surface area contributed by atoms with Gasteiger partial charge in [-0.2, -0.15) is 0 Å². The molecule has 2 aliphatic rings. The third-order valence-electron chi connectivity index (χ3n) is 4.56. The second kappa shape index (κ2) is 6.08. The van der Waals surface area contributed by atoms with Crippen LogP contribution >= 0.6 is 0 Å². The van der Waals surface area contributed by atoms with Gasteiger partial charge in [-0.25, -0.2) is 0 Å². The molecule has 3 heterocycles. The first-order chi connectivity index (χ1) is 12.1. The van der Waals surface area contributed by atoms with Crippen LogP contribution in [-0.4, -0.2) is 53.7 Å². The number of fused-ring (bicyclic) bond motifs is 1. The summed E-state index contributed by atoms with van der Waals surface area (Å²) in [4.78, 5) is 39.8. The summed E-state index contributed by atoms with van der Waals surface area (Å²) in [5.41, 5.74) is 2.19. The molecule has 0 unspecified atom stereocenters. The maximum atomic E-state index is 12.7. The number of nitrogens with one attached hydrogen (secondary N) is 1. The molecule has 7 nitrogen and oxygen atoms in total. The zero-order chi connectivity index (χ0) is 17.4. The lowest BCUT2D eigenvalue weighted by Gasteiger charge is -2.34. The van der Waals surface area contributed by atoms with E-state index in [1.54, 1.807) is 40.1 Å². The molecule has 1 saturated heterocycles. The van der Waals surface area contributed by atoms with Crippen LogP contribution in [0.2, 0.25) is 0 Å². The Morgan fingerprint density at radius 2 is 1.72 bits per heavy atom. The van der Waals surface area contributed by atoms with E-state index in [-0.39, 0.29) is 17.7 Å². The minimum absolute atomic E-state index is 0.0512. The molecule has 128 valence electrons. The number of hydrogen-bond donors (Lipinski definition) is 1. The van der Waals surface area contributed by atoms with Crippen molar-refractivity contribution in [2.45, 2.75) is 6.42 Å². The summed E-state index contributed by atoms with van der Waals surface area (Å²) in [6.45, 7) is 1.88. The summed E-state index contributed by atoms with van der Waals surface area (Å²) in [5, 5.41) is 2.76. The molecule has 1 aromatic carbocycles. The van der Waals surface area contributed by atoms with E-state index < -0.39 is 0 Å². The van der Waals surface area contributed by atoms with Crippen molar-refractivity contribution in [3.8, 4) is 0 Å². The van der Waals surface area contributed by atoms with Crippen molar-refractivity contribution in [1.29, 1.82) is 0 Å². The lowest BCUT2D eigenvalue weighted by molar-refractivity contribution is -0.115. The minimum atomic E-state index is -0.154. The lowest BCUT2D eigenvalue weighted by atomic mass is 10.1. The third-order valence-corrected chi connectivity index (χ3v) is 4.56. The summed E-state index contributed by atoms with van der Waals surface area (Å²) in [6, 6.07) is 8.59. The van der Waals surface area contributed by atoms with E-state index in [4.69, 9.17) is 4.42 Å². The molecule has 2 aliphatic heterocycles. The molecule has 25 heavy (non-hydrogen) atoms. The molecule has 0 spiro atoms. The monoisotopic (exact) mass is 339 g/mol. The van der Waals surface area contributed by atoms with Gasteiger partial charge < -0.3 is 19.5 Å². The average molecular weight is 339 g/mol. The van der Waals surface area contributed by atoms with E-state index in [9.17, 15) is 14.4 Å². The number of benzene rings is 1. The summed E-state index contributed by atoms with van der Waals surface area (Å²) < 4.78 is 5.14. The fraction of sp³-hybridized carbons (Fsp3) is 0.278. The fourth-order valence-corrected chi connectivity index (χ4v) is 3.21. The Bertz CT molecular complexity index is 836. The molecule has 0 saturated carbocycles. The van der Waals surface area contributed by atoms with Gasteiger partial charge in [0, 0.05) is 37.4 Å². The Morgan fingerprint density at radius 1 is 1.00 bits per heavy atom. The van der Waals surface area contributed by atoms with E-state index >= 15 is 0 Å². The van der Waals surface area contributed by atoms with Crippen LogP contribution in [0.3, 0.4) is 0 Å². The van der Waals surface area contributed by atoms with E-state index in [0.29, 0.717) is 43.9 Å². The summed E-state index contributed by atoms with van der Waals surface area (Å²) in [5.74, 6) is 0.0340. The number of anilines is 1. The number of nitrogens with zero attached hydrogens (tertiary/aromatic N) is 2. The van der Waals surface area contributed by atoms with Crippen LogP contribution in [-0.2, 0) is 11.2 Å². The topological polar surface area (TPSA) is 82.9 Å². The van der Waals surface area contributed by atoms with E-state index in [1.165, 1.54) is 6.26 Å². The van der Waals surface area contributed by atoms with Gasteiger partial charge in [-0.05, 0) is 35.9 Å². The molecule has 1 aromatic heterocycles. The van der Waals surface area contributed by atoms with Crippen LogP contribution < -0.4 is 5.32 Å². The predicted molar refractivity (Wildman–Crippen MR) is 89.3 cm³/mol. The lowest BCUT2D eigenvalue weighted by Crippen LogP contribution is -2.50. The minimum Gasteiger partial charge on any atom is -0.459 e. The molecule has 1 fully saturated rings. The Morgan fingerprint density at radius 3 is 2.40 bits per heavy atom. The van der Waals surface area contributed by atoms with Crippen molar-refractivity contribution in [3.63, 3.8) is 0 Å². The zero-order valence-corrected chi connectivity index (χ0v) is 13.5. The largest absolute Gasteiger partial charge is 0.459 e. The second-order valence-corrected chi connectivity index (χ2v) is 6.16. The van der Waals surface area contributed by atoms with Gasteiger partial charge in [0.05, 0.1) is 12.7 Å².